The summed E-state index contributed by atoms with van der Waals surface area (Å²) in [5.41, 5.74) is 16.1. The Bertz CT molecular complexity index is 3400. The average Bonchev–Trinajstić information content (AvgIpc) is 3.40. The van der Waals surface area contributed by atoms with E-state index in [0.29, 0.717) is 0 Å². The SMILES string of the molecule is F.c1ccc(-c2cccc(N(c3ccccc3-c3ccccc3)c3ccc4ccc5c(N(c6cccc(-c7ccccc7)c6)c6ccccc6-c6ccccc6)ccc6ccc3c4c65)c2)cc1. The van der Waals surface area contributed by atoms with Crippen LogP contribution in [0, 0.1) is 0 Å². The van der Waals surface area contributed by atoms with E-state index in [0.717, 1.165) is 34.1 Å². The van der Waals surface area contributed by atoms with Gasteiger partial charge in [0.1, 0.15) is 0 Å². The Hall–Kier alpha value is -8.79. The molecule has 0 aliphatic carbocycles. The molecule has 0 aliphatic rings. The molecule has 318 valence electrons. The first-order valence-electron chi connectivity index (χ1n) is 22.7. The maximum absolute atomic E-state index is 2.47. The van der Waals surface area contributed by atoms with Gasteiger partial charge in [0, 0.05) is 33.3 Å². The molecule has 12 aromatic carbocycles. The number of benzene rings is 12. The summed E-state index contributed by atoms with van der Waals surface area (Å²) in [4.78, 5) is 4.94. The lowest BCUT2D eigenvalue weighted by molar-refractivity contribution is 1.11. The average molecular weight is 861 g/mol. The lowest BCUT2D eigenvalue weighted by Crippen LogP contribution is -2.13. The molecule has 0 spiro atoms. The predicted molar refractivity (Wildman–Crippen MR) is 284 cm³/mol. The number of anilines is 6. The number of hydrogen-bond acceptors (Lipinski definition) is 2. The Morgan fingerprint density at radius 1 is 0.224 bits per heavy atom. The fraction of sp³-hybridized carbons (Fsp3) is 0. The van der Waals surface area contributed by atoms with Gasteiger partial charge in [-0.25, -0.2) is 0 Å². The highest BCUT2D eigenvalue weighted by Crippen LogP contribution is 2.50. The number of rotatable bonds is 10. The Labute approximate surface area is 390 Å². The number of para-hydroxylation sites is 2. The van der Waals surface area contributed by atoms with Crippen molar-refractivity contribution in [2.24, 2.45) is 0 Å². The van der Waals surface area contributed by atoms with E-state index in [1.807, 2.05) is 0 Å². The van der Waals surface area contributed by atoms with Crippen molar-refractivity contribution in [1.29, 1.82) is 0 Å². The van der Waals surface area contributed by atoms with Crippen molar-refractivity contribution in [3.8, 4) is 44.5 Å². The molecule has 12 aromatic rings. The van der Waals surface area contributed by atoms with Crippen LogP contribution in [0.5, 0.6) is 0 Å². The fourth-order valence-electron chi connectivity index (χ4n) is 9.95. The first-order chi connectivity index (χ1) is 32.8. The van der Waals surface area contributed by atoms with E-state index in [2.05, 4.69) is 277 Å². The molecule has 0 bridgehead atoms. The molecule has 12 rings (SSSR count). The molecule has 3 heteroatoms. The van der Waals surface area contributed by atoms with Crippen LogP contribution in [-0.4, -0.2) is 0 Å². The van der Waals surface area contributed by atoms with E-state index in [1.165, 1.54) is 76.8 Å². The summed E-state index contributed by atoms with van der Waals surface area (Å²) >= 11 is 0. The van der Waals surface area contributed by atoms with Gasteiger partial charge in [-0.05, 0) is 103 Å². The van der Waals surface area contributed by atoms with Crippen LogP contribution < -0.4 is 9.80 Å². The van der Waals surface area contributed by atoms with E-state index in [1.54, 1.807) is 0 Å². The lowest BCUT2D eigenvalue weighted by atomic mass is 9.91. The van der Waals surface area contributed by atoms with Crippen molar-refractivity contribution < 1.29 is 4.70 Å². The minimum atomic E-state index is 0. The van der Waals surface area contributed by atoms with E-state index < -0.39 is 0 Å². The third kappa shape index (κ3) is 7.43. The molecule has 0 aromatic heterocycles. The molecule has 0 N–H and O–H groups in total. The Kier molecular flexibility index (Phi) is 10.8. The van der Waals surface area contributed by atoms with Crippen LogP contribution in [0.2, 0.25) is 0 Å². The van der Waals surface area contributed by atoms with Crippen LogP contribution in [0.1, 0.15) is 0 Å². The highest BCUT2D eigenvalue weighted by atomic mass is 19.0. The Balaban J connectivity index is 0.00000494. The summed E-state index contributed by atoms with van der Waals surface area (Å²) in [6, 6.07) is 97.0. The molecule has 0 radical (unpaired) electrons. The summed E-state index contributed by atoms with van der Waals surface area (Å²) in [6.07, 6.45) is 0. The van der Waals surface area contributed by atoms with E-state index in [4.69, 9.17) is 0 Å². The molecule has 0 aliphatic heterocycles. The van der Waals surface area contributed by atoms with Crippen LogP contribution in [0.4, 0.5) is 38.8 Å². The zero-order valence-corrected chi connectivity index (χ0v) is 36.7. The standard InChI is InChI=1S/C64H44N2.FH/c1-5-19-45(20-6-1)51-27-17-29-53(43-51)65(59-33-15-13-31-55(59)47-23-9-3-10-24-47)61-41-37-49-36-40-58-62(42-38-50-35-39-57(61)63(49)64(50)58)66(54-30-18-28-52(44-54)46-21-7-2-8-22-46)60-34-16-14-32-56(60)48-25-11-4-12-26-48;/h1-44H;1H. The summed E-state index contributed by atoms with van der Waals surface area (Å²) in [6.45, 7) is 0. The normalized spacial score (nSPS) is 11.2. The van der Waals surface area contributed by atoms with Crippen molar-refractivity contribution in [2.75, 3.05) is 9.80 Å². The van der Waals surface area contributed by atoms with Crippen LogP contribution in [-0.2, 0) is 0 Å². The van der Waals surface area contributed by atoms with Gasteiger partial charge in [-0.2, -0.15) is 0 Å². The van der Waals surface area contributed by atoms with E-state index in [-0.39, 0.29) is 4.70 Å². The Morgan fingerprint density at radius 3 is 0.955 bits per heavy atom. The van der Waals surface area contributed by atoms with Crippen LogP contribution >= 0.6 is 0 Å². The molecule has 67 heavy (non-hydrogen) atoms. The highest BCUT2D eigenvalue weighted by molar-refractivity contribution is 6.28. The van der Waals surface area contributed by atoms with Gasteiger partial charge in [0.05, 0.1) is 22.7 Å². The molecule has 0 unspecified atom stereocenters. The van der Waals surface area contributed by atoms with Gasteiger partial charge < -0.3 is 9.80 Å². The molecular formula is C64H45FN2. The molecule has 0 heterocycles. The first-order valence-corrected chi connectivity index (χ1v) is 22.7. The Morgan fingerprint density at radius 2 is 0.552 bits per heavy atom. The minimum absolute atomic E-state index is 0. The second-order valence-corrected chi connectivity index (χ2v) is 16.9. The third-order valence-electron chi connectivity index (χ3n) is 13.0. The van der Waals surface area contributed by atoms with Gasteiger partial charge in [-0.15, -0.1) is 0 Å². The lowest BCUT2D eigenvalue weighted by Gasteiger charge is -2.31. The molecule has 0 amide bonds. The van der Waals surface area contributed by atoms with Crippen molar-refractivity contribution in [3.05, 3.63) is 267 Å². The van der Waals surface area contributed by atoms with Gasteiger partial charge in [0.2, 0.25) is 0 Å². The molecule has 0 saturated heterocycles. The summed E-state index contributed by atoms with van der Waals surface area (Å²) in [5, 5.41) is 7.30. The van der Waals surface area contributed by atoms with Gasteiger partial charge >= 0.3 is 0 Å². The smallest absolute Gasteiger partial charge is 0.0540 e. The second-order valence-electron chi connectivity index (χ2n) is 16.9. The number of nitrogens with zero attached hydrogens (tertiary/aromatic N) is 2. The second kappa shape index (κ2) is 17.6. The van der Waals surface area contributed by atoms with Crippen LogP contribution in [0.3, 0.4) is 0 Å². The van der Waals surface area contributed by atoms with Gasteiger partial charge in [-0.1, -0.05) is 218 Å². The first kappa shape index (κ1) is 40.9. The van der Waals surface area contributed by atoms with E-state index in [9.17, 15) is 0 Å². The van der Waals surface area contributed by atoms with Crippen LogP contribution in [0.15, 0.2) is 267 Å². The zero-order valence-electron chi connectivity index (χ0n) is 36.7. The fourth-order valence-corrected chi connectivity index (χ4v) is 9.95. The summed E-state index contributed by atoms with van der Waals surface area (Å²) in [7, 11) is 0. The third-order valence-corrected chi connectivity index (χ3v) is 13.0. The zero-order chi connectivity index (χ0) is 43.8. The highest BCUT2D eigenvalue weighted by Gasteiger charge is 2.24. The number of hydrogen-bond donors (Lipinski definition) is 0. The predicted octanol–water partition coefficient (Wildman–Crippen LogP) is 18.3. The minimum Gasteiger partial charge on any atom is -0.309 e. The van der Waals surface area contributed by atoms with Crippen LogP contribution in [0.25, 0.3) is 76.8 Å². The number of halogens is 1. The van der Waals surface area contributed by atoms with Gasteiger partial charge in [0.25, 0.3) is 0 Å². The molecule has 2 nitrogen and oxygen atoms in total. The molecular weight excluding hydrogens is 816 g/mol. The molecule has 0 fully saturated rings. The molecule has 0 atom stereocenters. The summed E-state index contributed by atoms with van der Waals surface area (Å²) < 4.78 is 0. The quantitative estimate of drug-likeness (QED) is 0.126. The van der Waals surface area contributed by atoms with Crippen molar-refractivity contribution >= 4 is 66.4 Å². The largest absolute Gasteiger partial charge is 0.309 e. The maximum Gasteiger partial charge on any atom is 0.0540 e. The van der Waals surface area contributed by atoms with Crippen molar-refractivity contribution in [3.63, 3.8) is 0 Å². The van der Waals surface area contributed by atoms with Gasteiger partial charge in [0.15, 0.2) is 0 Å². The maximum atomic E-state index is 2.47. The molecule has 0 saturated carbocycles. The van der Waals surface area contributed by atoms with E-state index >= 15 is 0 Å². The van der Waals surface area contributed by atoms with Crippen molar-refractivity contribution in [2.45, 2.75) is 0 Å². The monoisotopic (exact) mass is 860 g/mol. The summed E-state index contributed by atoms with van der Waals surface area (Å²) in [5.74, 6) is 0. The van der Waals surface area contributed by atoms with Crippen molar-refractivity contribution in [1.82, 2.24) is 0 Å². The topological polar surface area (TPSA) is 6.48 Å². The van der Waals surface area contributed by atoms with Gasteiger partial charge in [-0.3, -0.25) is 4.70 Å².